The summed E-state index contributed by atoms with van der Waals surface area (Å²) < 4.78 is 16.1. The highest BCUT2D eigenvalue weighted by Gasteiger charge is 2.59. The topological polar surface area (TPSA) is 140 Å². The predicted octanol–water partition coefficient (Wildman–Crippen LogP) is 1.41. The molecule has 0 aromatic carbocycles. The number of esters is 3. The van der Waals surface area contributed by atoms with Crippen LogP contribution in [0, 0.1) is 23.2 Å². The number of carbonyl (C=O) groups excluding carboxylic acids is 3. The molecule has 0 heterocycles. The summed E-state index contributed by atoms with van der Waals surface area (Å²) in [6.07, 6.45) is -0.0517. The Hall–Kier alpha value is -1.71. The summed E-state index contributed by atoms with van der Waals surface area (Å²) in [4.78, 5) is 37.1. The molecule has 0 radical (unpaired) electrons. The van der Waals surface area contributed by atoms with Gasteiger partial charge in [0.05, 0.1) is 19.8 Å². The van der Waals surface area contributed by atoms with Crippen LogP contribution in [0.1, 0.15) is 60.8 Å². The Bertz CT molecular complexity index is 518. The van der Waals surface area contributed by atoms with Crippen molar-refractivity contribution in [3.63, 3.8) is 0 Å². The molecule has 0 spiro atoms. The molecule has 0 aliphatic rings. The van der Waals surface area contributed by atoms with Gasteiger partial charge in [-0.15, -0.1) is 0 Å². The Kier molecular flexibility index (Phi) is 12.1. The van der Waals surface area contributed by atoms with E-state index >= 15 is 0 Å². The summed E-state index contributed by atoms with van der Waals surface area (Å²) in [6.45, 7) is 7.23. The second-order valence-corrected chi connectivity index (χ2v) is 8.91. The molecule has 0 saturated heterocycles. The zero-order valence-electron chi connectivity index (χ0n) is 19.0. The molecule has 30 heavy (non-hydrogen) atoms. The average Bonchev–Trinajstić information content (AvgIpc) is 2.59. The standard InChI is InChI=1S/C21H38O9/c1-14(2)7-17(25)28-13-21(20(10-22,11-23)12-24,29-18(26)8-15(3)4)30-19(27)9-16(5)6/h14-16,22-24H,7-13H2,1-6H3. The minimum absolute atomic E-state index is 0.0165. The van der Waals surface area contributed by atoms with Crippen molar-refractivity contribution in [3.05, 3.63) is 0 Å². The Labute approximate surface area is 178 Å². The first-order valence-corrected chi connectivity index (χ1v) is 10.3. The number of aliphatic hydroxyl groups excluding tert-OH is 3. The number of ether oxygens (including phenoxy) is 3. The summed E-state index contributed by atoms with van der Waals surface area (Å²) >= 11 is 0. The zero-order valence-corrected chi connectivity index (χ0v) is 19.0. The summed E-state index contributed by atoms with van der Waals surface area (Å²) in [5.41, 5.74) is -2.00. The van der Waals surface area contributed by atoms with Gasteiger partial charge in [-0.3, -0.25) is 14.4 Å². The van der Waals surface area contributed by atoms with E-state index in [1.807, 2.05) is 0 Å². The Balaban J connectivity index is 6.18. The molecule has 176 valence electrons. The SMILES string of the molecule is CC(C)CC(=O)OCC(OC(=O)CC(C)C)(OC(=O)CC(C)C)C(CO)(CO)CO. The maximum Gasteiger partial charge on any atom is 0.309 e. The molecule has 9 nitrogen and oxygen atoms in total. The van der Waals surface area contributed by atoms with Crippen LogP contribution in [0.2, 0.25) is 0 Å². The van der Waals surface area contributed by atoms with Crippen LogP contribution >= 0.6 is 0 Å². The molecule has 0 aromatic heterocycles. The van der Waals surface area contributed by atoms with Crippen molar-refractivity contribution in [2.75, 3.05) is 26.4 Å². The minimum atomic E-state index is -2.39. The lowest BCUT2D eigenvalue weighted by Crippen LogP contribution is -2.63. The van der Waals surface area contributed by atoms with E-state index in [-0.39, 0.29) is 37.0 Å². The normalized spacial score (nSPS) is 12.4. The molecule has 0 aliphatic carbocycles. The molecule has 0 saturated carbocycles. The highest BCUT2D eigenvalue weighted by atomic mass is 16.8. The first-order valence-electron chi connectivity index (χ1n) is 10.3. The first kappa shape index (κ1) is 28.3. The van der Waals surface area contributed by atoms with Gasteiger partial charge in [-0.2, -0.15) is 0 Å². The van der Waals surface area contributed by atoms with Gasteiger partial charge in [0, 0.05) is 19.3 Å². The fraction of sp³-hybridized carbons (Fsp3) is 0.857. The van der Waals surface area contributed by atoms with Gasteiger partial charge in [0.25, 0.3) is 0 Å². The van der Waals surface area contributed by atoms with E-state index in [1.54, 1.807) is 41.5 Å². The van der Waals surface area contributed by atoms with Gasteiger partial charge < -0.3 is 29.5 Å². The van der Waals surface area contributed by atoms with Crippen LogP contribution in [0.5, 0.6) is 0 Å². The van der Waals surface area contributed by atoms with Gasteiger partial charge in [-0.1, -0.05) is 41.5 Å². The molecule has 0 bridgehead atoms. The van der Waals surface area contributed by atoms with Crippen molar-refractivity contribution in [3.8, 4) is 0 Å². The van der Waals surface area contributed by atoms with E-state index in [2.05, 4.69) is 0 Å². The quantitative estimate of drug-likeness (QED) is 0.273. The summed E-state index contributed by atoms with van der Waals surface area (Å²) in [6, 6.07) is 0. The van der Waals surface area contributed by atoms with Crippen LogP contribution in [0.3, 0.4) is 0 Å². The number of rotatable bonds is 14. The zero-order chi connectivity index (χ0) is 23.5. The van der Waals surface area contributed by atoms with Gasteiger partial charge in [-0.25, -0.2) is 0 Å². The minimum Gasteiger partial charge on any atom is -0.457 e. The fourth-order valence-corrected chi connectivity index (χ4v) is 2.65. The highest BCUT2D eigenvalue weighted by Crippen LogP contribution is 2.37. The number of aliphatic hydroxyl groups is 3. The van der Waals surface area contributed by atoms with Crippen LogP contribution in [0.25, 0.3) is 0 Å². The number of carbonyl (C=O) groups is 3. The second kappa shape index (κ2) is 12.9. The van der Waals surface area contributed by atoms with E-state index in [1.165, 1.54) is 0 Å². The lowest BCUT2D eigenvalue weighted by Gasteiger charge is -2.45. The van der Waals surface area contributed by atoms with E-state index in [0.29, 0.717) is 0 Å². The maximum atomic E-state index is 12.5. The molecular formula is C21H38O9. The van der Waals surface area contributed by atoms with Crippen molar-refractivity contribution in [2.24, 2.45) is 23.2 Å². The molecule has 0 atom stereocenters. The van der Waals surface area contributed by atoms with Crippen LogP contribution in [-0.2, 0) is 28.6 Å². The van der Waals surface area contributed by atoms with Crippen LogP contribution in [0.4, 0.5) is 0 Å². The van der Waals surface area contributed by atoms with Gasteiger partial charge in [0.2, 0.25) is 0 Å². The average molecular weight is 435 g/mol. The fourth-order valence-electron chi connectivity index (χ4n) is 2.65. The smallest absolute Gasteiger partial charge is 0.309 e. The third-order valence-corrected chi connectivity index (χ3v) is 4.42. The molecule has 0 aromatic rings. The van der Waals surface area contributed by atoms with Gasteiger partial charge in [0.1, 0.15) is 5.41 Å². The highest BCUT2D eigenvalue weighted by molar-refractivity contribution is 5.73. The Morgan fingerprint density at radius 1 is 0.667 bits per heavy atom. The summed E-state index contributed by atoms with van der Waals surface area (Å²) in [7, 11) is 0. The van der Waals surface area contributed by atoms with E-state index in [0.717, 1.165) is 0 Å². The molecule has 0 amide bonds. The molecule has 9 heteroatoms. The first-order chi connectivity index (χ1) is 13.9. The van der Waals surface area contributed by atoms with E-state index in [4.69, 9.17) is 14.2 Å². The van der Waals surface area contributed by atoms with Gasteiger partial charge in [0.15, 0.2) is 6.61 Å². The van der Waals surface area contributed by atoms with Crippen molar-refractivity contribution in [2.45, 2.75) is 66.6 Å². The van der Waals surface area contributed by atoms with Gasteiger partial charge in [-0.05, 0) is 17.8 Å². The Morgan fingerprint density at radius 3 is 1.30 bits per heavy atom. The van der Waals surface area contributed by atoms with Crippen LogP contribution < -0.4 is 0 Å². The van der Waals surface area contributed by atoms with Gasteiger partial charge >= 0.3 is 23.7 Å². The van der Waals surface area contributed by atoms with Crippen LogP contribution in [0.15, 0.2) is 0 Å². The van der Waals surface area contributed by atoms with Crippen LogP contribution in [-0.4, -0.2) is 65.4 Å². The monoisotopic (exact) mass is 434 g/mol. The molecule has 0 unspecified atom stereocenters. The number of hydrogen-bond donors (Lipinski definition) is 3. The van der Waals surface area contributed by atoms with Crippen molar-refractivity contribution >= 4 is 17.9 Å². The van der Waals surface area contributed by atoms with E-state index < -0.39 is 55.5 Å². The van der Waals surface area contributed by atoms with Crippen molar-refractivity contribution in [1.82, 2.24) is 0 Å². The summed E-state index contributed by atoms with van der Waals surface area (Å²) in [5, 5.41) is 29.9. The number of hydrogen-bond acceptors (Lipinski definition) is 9. The lowest BCUT2D eigenvalue weighted by molar-refractivity contribution is -0.307. The molecule has 0 fully saturated rings. The largest absolute Gasteiger partial charge is 0.457 e. The maximum absolute atomic E-state index is 12.5. The second-order valence-electron chi connectivity index (χ2n) is 8.91. The molecule has 0 rings (SSSR count). The molecule has 3 N–H and O–H groups in total. The molecule has 0 aliphatic heterocycles. The third kappa shape index (κ3) is 8.57. The molecular weight excluding hydrogens is 396 g/mol. The lowest BCUT2D eigenvalue weighted by atomic mass is 9.81. The van der Waals surface area contributed by atoms with Crippen molar-refractivity contribution in [1.29, 1.82) is 0 Å². The predicted molar refractivity (Wildman–Crippen MR) is 108 cm³/mol. The summed E-state index contributed by atoms with van der Waals surface area (Å²) in [5.74, 6) is -4.83. The Morgan fingerprint density at radius 2 is 1.00 bits per heavy atom. The van der Waals surface area contributed by atoms with E-state index in [9.17, 15) is 29.7 Å². The third-order valence-electron chi connectivity index (χ3n) is 4.42. The van der Waals surface area contributed by atoms with Crippen molar-refractivity contribution < 1.29 is 43.9 Å².